The minimum Gasteiger partial charge on any atom is -0.374 e. The minimum absolute atomic E-state index is 0.758. The first-order valence-electron chi connectivity index (χ1n) is 5.83. The molecule has 0 amide bonds. The van der Waals surface area contributed by atoms with Crippen LogP contribution in [0.3, 0.4) is 0 Å². The van der Waals surface area contributed by atoms with Crippen LogP contribution >= 0.6 is 0 Å². The maximum Gasteiger partial charge on any atom is 0.0423 e. The van der Waals surface area contributed by atoms with Gasteiger partial charge < -0.3 is 4.90 Å². The van der Waals surface area contributed by atoms with Crippen LogP contribution in [0, 0.1) is 19.8 Å². The molecule has 0 fully saturated rings. The van der Waals surface area contributed by atoms with Crippen molar-refractivity contribution in [3.05, 3.63) is 29.3 Å². The van der Waals surface area contributed by atoms with E-state index in [2.05, 4.69) is 57.8 Å². The van der Waals surface area contributed by atoms with Crippen molar-refractivity contribution >= 4 is 5.69 Å². The molecule has 1 rings (SSSR count). The van der Waals surface area contributed by atoms with Crippen molar-refractivity contribution in [3.8, 4) is 0 Å². The summed E-state index contributed by atoms with van der Waals surface area (Å²) in [6.07, 6.45) is 1.25. The van der Waals surface area contributed by atoms with Crippen molar-refractivity contribution in [3.63, 3.8) is 0 Å². The van der Waals surface area contributed by atoms with Crippen LogP contribution in [0.5, 0.6) is 0 Å². The van der Waals surface area contributed by atoms with Gasteiger partial charge in [-0.3, -0.25) is 0 Å². The minimum atomic E-state index is 0.758. The normalized spacial score (nSPS) is 12.6. The lowest BCUT2D eigenvalue weighted by atomic mass is 10.1. The van der Waals surface area contributed by atoms with Crippen LogP contribution < -0.4 is 4.90 Å². The summed E-state index contributed by atoms with van der Waals surface area (Å²) >= 11 is 0. The van der Waals surface area contributed by atoms with Crippen LogP contribution in [0.2, 0.25) is 0 Å². The number of benzene rings is 1. The zero-order valence-electron chi connectivity index (χ0n) is 10.7. The van der Waals surface area contributed by atoms with Gasteiger partial charge in [0.2, 0.25) is 0 Å². The lowest BCUT2D eigenvalue weighted by Gasteiger charge is -2.26. The first-order chi connectivity index (χ1) is 7.06. The Kier molecular flexibility index (Phi) is 4.19. The fourth-order valence-electron chi connectivity index (χ4n) is 2.10. The van der Waals surface area contributed by atoms with Crippen LogP contribution in [-0.4, -0.2) is 13.6 Å². The molecule has 0 aliphatic heterocycles. The highest BCUT2D eigenvalue weighted by atomic mass is 15.1. The summed E-state index contributed by atoms with van der Waals surface area (Å²) in [5.74, 6) is 0.758. The molecular weight excluding hydrogens is 182 g/mol. The van der Waals surface area contributed by atoms with Crippen LogP contribution in [0.1, 0.15) is 31.4 Å². The van der Waals surface area contributed by atoms with E-state index < -0.39 is 0 Å². The van der Waals surface area contributed by atoms with E-state index in [9.17, 15) is 0 Å². The molecule has 0 saturated carbocycles. The van der Waals surface area contributed by atoms with Gasteiger partial charge >= 0.3 is 0 Å². The second kappa shape index (κ2) is 5.20. The zero-order chi connectivity index (χ0) is 11.4. The summed E-state index contributed by atoms with van der Waals surface area (Å²) in [5, 5.41) is 0. The first kappa shape index (κ1) is 12.1. The Morgan fingerprint density at radius 2 is 1.73 bits per heavy atom. The fraction of sp³-hybridized carbons (Fsp3) is 0.571. The van der Waals surface area contributed by atoms with E-state index in [-0.39, 0.29) is 0 Å². The highest BCUT2D eigenvalue weighted by Crippen LogP contribution is 2.24. The predicted molar refractivity (Wildman–Crippen MR) is 68.6 cm³/mol. The van der Waals surface area contributed by atoms with Gasteiger partial charge in [0.05, 0.1) is 0 Å². The average Bonchev–Trinajstić information content (AvgIpc) is 2.17. The molecule has 0 saturated heterocycles. The third kappa shape index (κ3) is 2.98. The Bertz CT molecular complexity index is 297. The number of rotatable bonds is 4. The molecule has 0 N–H and O–H groups in total. The highest BCUT2D eigenvalue weighted by Gasteiger charge is 2.09. The SMILES string of the molecule is CCC(C)CN(C)c1c(C)cccc1C. The quantitative estimate of drug-likeness (QED) is 0.723. The van der Waals surface area contributed by atoms with Gasteiger partial charge in [-0.25, -0.2) is 0 Å². The molecule has 1 unspecified atom stereocenters. The monoisotopic (exact) mass is 205 g/mol. The van der Waals surface area contributed by atoms with Crippen molar-refractivity contribution in [2.45, 2.75) is 34.1 Å². The van der Waals surface area contributed by atoms with E-state index in [4.69, 9.17) is 0 Å². The van der Waals surface area contributed by atoms with Gasteiger partial charge in [-0.05, 0) is 30.9 Å². The number of anilines is 1. The molecular formula is C14H23N. The first-order valence-corrected chi connectivity index (χ1v) is 5.83. The molecule has 0 aliphatic carbocycles. The van der Waals surface area contributed by atoms with Crippen LogP contribution in [0.15, 0.2) is 18.2 Å². The second-order valence-corrected chi connectivity index (χ2v) is 4.63. The molecule has 0 bridgehead atoms. The number of aryl methyl sites for hydroxylation is 2. The third-order valence-corrected chi connectivity index (χ3v) is 3.10. The Morgan fingerprint density at radius 1 is 1.20 bits per heavy atom. The average molecular weight is 205 g/mol. The molecule has 15 heavy (non-hydrogen) atoms. The molecule has 1 nitrogen and oxygen atoms in total. The van der Waals surface area contributed by atoms with Gasteiger partial charge in [-0.2, -0.15) is 0 Å². The molecule has 84 valence electrons. The summed E-state index contributed by atoms with van der Waals surface area (Å²) in [5.41, 5.74) is 4.15. The van der Waals surface area contributed by atoms with Crippen molar-refractivity contribution < 1.29 is 0 Å². The van der Waals surface area contributed by atoms with Crippen molar-refractivity contribution in [2.24, 2.45) is 5.92 Å². The smallest absolute Gasteiger partial charge is 0.0423 e. The molecule has 0 radical (unpaired) electrons. The summed E-state index contributed by atoms with van der Waals surface area (Å²) in [4.78, 5) is 2.39. The third-order valence-electron chi connectivity index (χ3n) is 3.10. The summed E-state index contributed by atoms with van der Waals surface area (Å²) in [7, 11) is 2.20. The van der Waals surface area contributed by atoms with Crippen LogP contribution in [0.4, 0.5) is 5.69 Å². The van der Waals surface area contributed by atoms with Gasteiger partial charge in [-0.1, -0.05) is 38.5 Å². The molecule has 1 aromatic rings. The van der Waals surface area contributed by atoms with Crippen LogP contribution in [-0.2, 0) is 0 Å². The fourth-order valence-corrected chi connectivity index (χ4v) is 2.10. The Balaban J connectivity index is 2.86. The van der Waals surface area contributed by atoms with Crippen molar-refractivity contribution in [1.82, 2.24) is 0 Å². The maximum absolute atomic E-state index is 2.39. The molecule has 0 aromatic heterocycles. The lowest BCUT2D eigenvalue weighted by Crippen LogP contribution is -2.25. The molecule has 0 heterocycles. The van der Waals surface area contributed by atoms with Gasteiger partial charge in [0.25, 0.3) is 0 Å². The largest absolute Gasteiger partial charge is 0.374 e. The number of para-hydroxylation sites is 1. The Labute approximate surface area is 94.1 Å². The topological polar surface area (TPSA) is 3.24 Å². The van der Waals surface area contributed by atoms with Crippen LogP contribution in [0.25, 0.3) is 0 Å². The van der Waals surface area contributed by atoms with Gasteiger partial charge in [0, 0.05) is 19.3 Å². The van der Waals surface area contributed by atoms with E-state index >= 15 is 0 Å². The standard InChI is InChI=1S/C14H23N/c1-6-11(2)10-15(5)14-12(3)8-7-9-13(14)4/h7-9,11H,6,10H2,1-5H3. The maximum atomic E-state index is 2.39. The van der Waals surface area contributed by atoms with Crippen molar-refractivity contribution in [2.75, 3.05) is 18.5 Å². The number of hydrogen-bond acceptors (Lipinski definition) is 1. The van der Waals surface area contributed by atoms with E-state index in [1.54, 1.807) is 0 Å². The van der Waals surface area contributed by atoms with Crippen molar-refractivity contribution in [1.29, 1.82) is 0 Å². The molecule has 1 atom stereocenters. The highest BCUT2D eigenvalue weighted by molar-refractivity contribution is 5.58. The number of hydrogen-bond donors (Lipinski definition) is 0. The zero-order valence-corrected chi connectivity index (χ0v) is 10.7. The molecule has 0 spiro atoms. The van der Waals surface area contributed by atoms with E-state index in [1.165, 1.54) is 23.2 Å². The number of nitrogens with zero attached hydrogens (tertiary/aromatic N) is 1. The van der Waals surface area contributed by atoms with E-state index in [1.807, 2.05) is 0 Å². The predicted octanol–water partition coefficient (Wildman–Crippen LogP) is 3.79. The Morgan fingerprint density at radius 3 is 2.20 bits per heavy atom. The van der Waals surface area contributed by atoms with Gasteiger partial charge in [0.15, 0.2) is 0 Å². The molecule has 1 aromatic carbocycles. The summed E-state index contributed by atoms with van der Waals surface area (Å²) in [6, 6.07) is 6.51. The van der Waals surface area contributed by atoms with Gasteiger partial charge in [-0.15, -0.1) is 0 Å². The van der Waals surface area contributed by atoms with Gasteiger partial charge in [0.1, 0.15) is 0 Å². The summed E-state index contributed by atoms with van der Waals surface area (Å²) < 4.78 is 0. The Hall–Kier alpha value is -0.980. The second-order valence-electron chi connectivity index (χ2n) is 4.63. The summed E-state index contributed by atoms with van der Waals surface area (Å²) in [6.45, 7) is 10.1. The molecule has 1 heteroatoms. The van der Waals surface area contributed by atoms with E-state index in [0.717, 1.165) is 12.5 Å². The lowest BCUT2D eigenvalue weighted by molar-refractivity contribution is 0.559. The molecule has 0 aliphatic rings. The van der Waals surface area contributed by atoms with E-state index in [0.29, 0.717) is 0 Å².